The van der Waals surface area contributed by atoms with Crippen LogP contribution in [0, 0.1) is 38.9 Å². The standard InChI is InChI=1S/C27H38O4/c1-9-31-22(30)25(6,14-16-18-10-12-26(7,20(16)28)23(18,2)3)15-17-19-11-13-27(8,21(17)29)24(19,4)5/h14-15,18-19H,9-13H2,1-8H3/b16-14-,17-15-/t18-,19-,26-,27-/m1/s1. The molecular formula is C27H38O4. The lowest BCUT2D eigenvalue weighted by atomic mass is 9.70. The number of ether oxygens (including phenoxy) is 1. The minimum absolute atomic E-state index is 0.129. The fraction of sp³-hybridized carbons (Fsp3) is 0.741. The van der Waals surface area contributed by atoms with E-state index in [1.54, 1.807) is 6.92 Å². The van der Waals surface area contributed by atoms with E-state index in [2.05, 4.69) is 41.5 Å². The van der Waals surface area contributed by atoms with Crippen molar-refractivity contribution in [1.29, 1.82) is 0 Å². The van der Waals surface area contributed by atoms with E-state index < -0.39 is 5.41 Å². The summed E-state index contributed by atoms with van der Waals surface area (Å²) < 4.78 is 5.46. The zero-order valence-corrected chi connectivity index (χ0v) is 20.5. The molecule has 0 N–H and O–H groups in total. The molecule has 4 bridgehead atoms. The second-order valence-corrected chi connectivity index (χ2v) is 12.2. The maximum Gasteiger partial charge on any atom is 0.319 e. The van der Waals surface area contributed by atoms with Gasteiger partial charge in [-0.25, -0.2) is 0 Å². The number of carbonyl (C=O) groups is 3. The Balaban J connectivity index is 1.83. The van der Waals surface area contributed by atoms with Crippen molar-refractivity contribution in [3.8, 4) is 0 Å². The Bertz CT molecular complexity index is 869. The van der Waals surface area contributed by atoms with Crippen LogP contribution < -0.4 is 0 Å². The van der Waals surface area contributed by atoms with Crippen molar-refractivity contribution in [2.75, 3.05) is 6.61 Å². The van der Waals surface area contributed by atoms with E-state index >= 15 is 0 Å². The molecule has 4 rings (SSSR count). The third-order valence-electron chi connectivity index (χ3n) is 10.4. The first kappa shape index (κ1) is 22.5. The summed E-state index contributed by atoms with van der Waals surface area (Å²) in [5.41, 5.74) is -0.639. The molecule has 0 heterocycles. The lowest BCUT2D eigenvalue weighted by Gasteiger charge is -2.31. The fourth-order valence-corrected chi connectivity index (χ4v) is 7.28. The molecule has 4 aliphatic carbocycles. The topological polar surface area (TPSA) is 60.4 Å². The molecule has 0 radical (unpaired) electrons. The average molecular weight is 427 g/mol. The molecule has 0 spiro atoms. The Morgan fingerprint density at radius 2 is 1.29 bits per heavy atom. The Morgan fingerprint density at radius 3 is 1.58 bits per heavy atom. The molecule has 4 saturated carbocycles. The first-order chi connectivity index (χ1) is 14.2. The molecule has 4 heteroatoms. The summed E-state index contributed by atoms with van der Waals surface area (Å²) in [4.78, 5) is 40.1. The van der Waals surface area contributed by atoms with E-state index in [4.69, 9.17) is 4.74 Å². The van der Waals surface area contributed by atoms with E-state index in [0.29, 0.717) is 0 Å². The molecule has 31 heavy (non-hydrogen) atoms. The van der Waals surface area contributed by atoms with Crippen LogP contribution in [0.4, 0.5) is 0 Å². The molecule has 4 atom stereocenters. The van der Waals surface area contributed by atoms with Gasteiger partial charge in [-0.2, -0.15) is 0 Å². The SMILES string of the molecule is CCOC(=O)C(C)(/C=C1\C(=O)[C@@]2(C)CC[C@H]1C2(C)C)/C=C1\C(=O)[C@@]2(C)CC[C@H]1C2(C)C. The maximum atomic E-state index is 13.4. The van der Waals surface area contributed by atoms with Gasteiger partial charge in [0.1, 0.15) is 5.41 Å². The first-order valence-electron chi connectivity index (χ1n) is 11.9. The van der Waals surface area contributed by atoms with Crippen molar-refractivity contribution in [2.24, 2.45) is 38.9 Å². The van der Waals surface area contributed by atoms with Gasteiger partial charge in [-0.05, 0) is 73.3 Å². The maximum absolute atomic E-state index is 13.4. The molecule has 0 aromatic heterocycles. The van der Waals surface area contributed by atoms with Crippen LogP contribution in [-0.4, -0.2) is 24.1 Å². The van der Waals surface area contributed by atoms with Crippen LogP contribution >= 0.6 is 0 Å². The molecule has 0 unspecified atom stereocenters. The second kappa shape index (κ2) is 6.42. The van der Waals surface area contributed by atoms with Gasteiger partial charge < -0.3 is 4.74 Å². The van der Waals surface area contributed by atoms with Crippen LogP contribution in [0.25, 0.3) is 0 Å². The summed E-state index contributed by atoms with van der Waals surface area (Å²) in [6, 6.07) is 0. The van der Waals surface area contributed by atoms with Crippen LogP contribution in [0.5, 0.6) is 0 Å². The van der Waals surface area contributed by atoms with Crippen molar-refractivity contribution in [1.82, 2.24) is 0 Å². The van der Waals surface area contributed by atoms with Gasteiger partial charge in [0.2, 0.25) is 0 Å². The van der Waals surface area contributed by atoms with Crippen molar-refractivity contribution in [3.63, 3.8) is 0 Å². The first-order valence-corrected chi connectivity index (χ1v) is 11.9. The molecule has 4 aliphatic rings. The second-order valence-electron chi connectivity index (χ2n) is 12.2. The summed E-state index contributed by atoms with van der Waals surface area (Å²) in [5.74, 6) is 0.221. The predicted molar refractivity (Wildman–Crippen MR) is 120 cm³/mol. The highest BCUT2D eigenvalue weighted by Gasteiger charge is 2.66. The van der Waals surface area contributed by atoms with Crippen LogP contribution in [0.1, 0.15) is 81.1 Å². The Labute approximate surface area is 186 Å². The summed E-state index contributed by atoms with van der Waals surface area (Å²) in [7, 11) is 0. The largest absolute Gasteiger partial charge is 0.465 e. The van der Waals surface area contributed by atoms with Crippen LogP contribution in [-0.2, 0) is 19.1 Å². The van der Waals surface area contributed by atoms with E-state index in [1.807, 2.05) is 19.1 Å². The van der Waals surface area contributed by atoms with Crippen LogP contribution in [0.2, 0.25) is 0 Å². The van der Waals surface area contributed by atoms with Gasteiger partial charge in [0.15, 0.2) is 11.6 Å². The van der Waals surface area contributed by atoms with E-state index in [1.165, 1.54) is 0 Å². The predicted octanol–water partition coefficient (Wildman–Crippen LogP) is 5.46. The van der Waals surface area contributed by atoms with E-state index in [-0.39, 0.29) is 57.6 Å². The van der Waals surface area contributed by atoms with Gasteiger partial charge in [0, 0.05) is 10.8 Å². The third kappa shape index (κ3) is 2.57. The number of rotatable bonds is 4. The van der Waals surface area contributed by atoms with E-state index in [9.17, 15) is 14.4 Å². The minimum atomic E-state index is -1.13. The zero-order chi connectivity index (χ0) is 23.2. The summed E-state index contributed by atoms with van der Waals surface area (Å²) in [5, 5.41) is 0. The Hall–Kier alpha value is -1.71. The number of esters is 1. The Kier molecular flexibility index (Phi) is 4.66. The summed E-state index contributed by atoms with van der Waals surface area (Å²) in [6.45, 7) is 16.7. The number of allylic oxidation sites excluding steroid dienone is 2. The van der Waals surface area contributed by atoms with Crippen molar-refractivity contribution in [2.45, 2.75) is 81.1 Å². The van der Waals surface area contributed by atoms with Crippen molar-refractivity contribution in [3.05, 3.63) is 23.3 Å². The Morgan fingerprint density at radius 1 is 0.903 bits per heavy atom. The number of hydrogen-bond acceptors (Lipinski definition) is 4. The molecule has 0 aromatic carbocycles. The van der Waals surface area contributed by atoms with Crippen LogP contribution in [0.3, 0.4) is 0 Å². The van der Waals surface area contributed by atoms with Gasteiger partial charge >= 0.3 is 5.97 Å². The van der Waals surface area contributed by atoms with Gasteiger partial charge in [-0.1, -0.05) is 53.7 Å². The van der Waals surface area contributed by atoms with Gasteiger partial charge in [0.25, 0.3) is 0 Å². The normalized spacial score (nSPS) is 40.4. The quantitative estimate of drug-likeness (QED) is 0.442. The fourth-order valence-electron chi connectivity index (χ4n) is 7.28. The highest BCUT2D eigenvalue weighted by atomic mass is 16.5. The molecule has 4 nitrogen and oxygen atoms in total. The number of carbonyl (C=O) groups excluding carboxylic acids is 3. The third-order valence-corrected chi connectivity index (χ3v) is 10.4. The smallest absolute Gasteiger partial charge is 0.319 e. The lowest BCUT2D eigenvalue weighted by Crippen LogP contribution is -2.33. The molecule has 4 fully saturated rings. The number of ketones is 2. The lowest BCUT2D eigenvalue weighted by molar-refractivity contribution is -0.149. The molecular weight excluding hydrogens is 388 g/mol. The summed E-state index contributed by atoms with van der Waals surface area (Å²) in [6.07, 6.45) is 7.42. The van der Waals surface area contributed by atoms with Crippen LogP contribution in [0.15, 0.2) is 23.3 Å². The zero-order valence-electron chi connectivity index (χ0n) is 20.5. The molecule has 0 saturated heterocycles. The van der Waals surface area contributed by atoms with Crippen molar-refractivity contribution < 1.29 is 19.1 Å². The number of Topliss-reactive ketones (excluding diaryl/α,β-unsaturated/α-hetero) is 2. The van der Waals surface area contributed by atoms with Gasteiger partial charge in [0.05, 0.1) is 6.61 Å². The molecule has 170 valence electrons. The molecule has 0 aromatic rings. The minimum Gasteiger partial charge on any atom is -0.465 e. The van der Waals surface area contributed by atoms with E-state index in [0.717, 1.165) is 36.8 Å². The highest BCUT2D eigenvalue weighted by molar-refractivity contribution is 6.07. The van der Waals surface area contributed by atoms with Gasteiger partial charge in [-0.15, -0.1) is 0 Å². The molecule has 0 aliphatic heterocycles. The van der Waals surface area contributed by atoms with Gasteiger partial charge in [-0.3, -0.25) is 14.4 Å². The highest BCUT2D eigenvalue weighted by Crippen LogP contribution is 2.67. The number of hydrogen-bond donors (Lipinski definition) is 0. The van der Waals surface area contributed by atoms with Crippen molar-refractivity contribution >= 4 is 17.5 Å². The average Bonchev–Trinajstić information content (AvgIpc) is 3.16. The monoisotopic (exact) mass is 426 g/mol. The summed E-state index contributed by atoms with van der Waals surface area (Å²) >= 11 is 0. The molecule has 0 amide bonds. The number of fused-ring (bicyclic) bond motifs is 4.